The summed E-state index contributed by atoms with van der Waals surface area (Å²) in [5.74, 6) is 1.61. The Morgan fingerprint density at radius 1 is 0.893 bits per heavy atom. The summed E-state index contributed by atoms with van der Waals surface area (Å²) in [6.45, 7) is 25.9. The summed E-state index contributed by atoms with van der Waals surface area (Å²) in [7, 11) is 0.860. The SMILES string of the molecule is COc1c(C(C)(C)C)cc(C)cc1C(C)(C)C1=C([SiH](C)C)C(C(C)(C)C)C=C1. The highest BCUT2D eigenvalue weighted by Gasteiger charge is 2.39. The molecule has 28 heavy (non-hydrogen) atoms. The third-order valence-corrected chi connectivity index (χ3v) is 8.16. The van der Waals surface area contributed by atoms with Crippen LogP contribution >= 0.6 is 0 Å². The fourth-order valence-corrected chi connectivity index (χ4v) is 7.12. The van der Waals surface area contributed by atoms with Gasteiger partial charge in [-0.3, -0.25) is 0 Å². The van der Waals surface area contributed by atoms with Gasteiger partial charge in [0.15, 0.2) is 0 Å². The molecule has 0 bridgehead atoms. The van der Waals surface area contributed by atoms with Gasteiger partial charge in [0.2, 0.25) is 0 Å². The standard InChI is InChI=1S/C26H42OSi/c1-17-15-20(25(5,6)7)22(27-10)21(16-17)26(8,9)19-14-13-18(24(2,3)4)23(19)28(11)12/h13-16,18,28H,1-12H3. The summed E-state index contributed by atoms with van der Waals surface area (Å²) in [5, 5.41) is 1.72. The maximum Gasteiger partial charge on any atom is 0.126 e. The van der Waals surface area contributed by atoms with Crippen molar-refractivity contribution in [1.29, 1.82) is 0 Å². The lowest BCUT2D eigenvalue weighted by Crippen LogP contribution is -2.30. The summed E-state index contributed by atoms with van der Waals surface area (Å²) in [6.07, 6.45) is 4.89. The number of aryl methyl sites for hydroxylation is 1. The molecule has 0 N–H and O–H groups in total. The minimum atomic E-state index is -0.968. The van der Waals surface area contributed by atoms with Gasteiger partial charge in [-0.15, -0.1) is 0 Å². The smallest absolute Gasteiger partial charge is 0.126 e. The molecule has 0 amide bonds. The summed E-state index contributed by atoms with van der Waals surface area (Å²) in [6, 6.07) is 4.65. The summed E-state index contributed by atoms with van der Waals surface area (Å²) in [4.78, 5) is 0. The second-order valence-electron chi connectivity index (χ2n) is 11.5. The van der Waals surface area contributed by atoms with Crippen LogP contribution < -0.4 is 4.74 Å². The molecule has 0 saturated carbocycles. The minimum Gasteiger partial charge on any atom is -0.496 e. The van der Waals surface area contributed by atoms with Crippen molar-refractivity contribution in [1.82, 2.24) is 0 Å². The summed E-state index contributed by atoms with van der Waals surface area (Å²) >= 11 is 0. The fourth-order valence-electron chi connectivity index (χ4n) is 4.71. The predicted molar refractivity (Wildman–Crippen MR) is 127 cm³/mol. The van der Waals surface area contributed by atoms with E-state index in [1.54, 1.807) is 5.20 Å². The van der Waals surface area contributed by atoms with E-state index in [0.29, 0.717) is 5.92 Å². The van der Waals surface area contributed by atoms with Crippen molar-refractivity contribution in [3.8, 4) is 5.75 Å². The molecule has 0 heterocycles. The van der Waals surface area contributed by atoms with Gasteiger partial charge < -0.3 is 4.74 Å². The van der Waals surface area contributed by atoms with Crippen LogP contribution in [0.25, 0.3) is 0 Å². The fraction of sp³-hybridized carbons (Fsp3) is 0.615. The Balaban J connectivity index is 2.79. The first-order valence-corrected chi connectivity index (χ1v) is 13.6. The summed E-state index contributed by atoms with van der Waals surface area (Å²) in [5.41, 5.74) is 5.68. The van der Waals surface area contributed by atoms with E-state index in [-0.39, 0.29) is 16.2 Å². The molecular weight excluding hydrogens is 356 g/mol. The van der Waals surface area contributed by atoms with E-state index in [1.807, 2.05) is 7.11 Å². The lowest BCUT2D eigenvalue weighted by Gasteiger charge is -2.36. The van der Waals surface area contributed by atoms with Gasteiger partial charge in [-0.05, 0) is 29.2 Å². The van der Waals surface area contributed by atoms with E-state index in [2.05, 4.69) is 99.7 Å². The quantitative estimate of drug-likeness (QED) is 0.490. The van der Waals surface area contributed by atoms with Gasteiger partial charge in [0.25, 0.3) is 0 Å². The molecule has 1 aliphatic carbocycles. The minimum absolute atomic E-state index is 0.0473. The molecular formula is C26H42OSi. The van der Waals surface area contributed by atoms with Crippen molar-refractivity contribution in [2.75, 3.05) is 7.11 Å². The Kier molecular flexibility index (Phi) is 6.17. The van der Waals surface area contributed by atoms with E-state index in [4.69, 9.17) is 4.74 Å². The molecule has 1 aromatic rings. The Hall–Kier alpha value is -1.28. The maximum atomic E-state index is 6.06. The maximum absolute atomic E-state index is 6.06. The largest absolute Gasteiger partial charge is 0.496 e. The van der Waals surface area contributed by atoms with Crippen LogP contribution in [0.2, 0.25) is 13.1 Å². The van der Waals surface area contributed by atoms with Gasteiger partial charge in [0, 0.05) is 16.5 Å². The molecule has 0 aliphatic heterocycles. The average Bonchev–Trinajstić information content (AvgIpc) is 2.99. The van der Waals surface area contributed by atoms with Gasteiger partial charge in [0.05, 0.1) is 15.9 Å². The number of methoxy groups -OCH3 is 1. The molecule has 2 heteroatoms. The number of ether oxygens (including phenoxy) is 1. The third kappa shape index (κ3) is 4.17. The number of rotatable bonds is 4. The van der Waals surface area contributed by atoms with Crippen molar-refractivity contribution in [3.05, 3.63) is 51.7 Å². The zero-order chi connectivity index (χ0) is 21.7. The van der Waals surface area contributed by atoms with Gasteiger partial charge in [0.1, 0.15) is 5.75 Å². The Labute approximate surface area is 175 Å². The molecule has 0 saturated heterocycles. The second kappa shape index (κ2) is 7.52. The number of hydrogen-bond acceptors (Lipinski definition) is 1. The van der Waals surface area contributed by atoms with Gasteiger partial charge in [-0.25, -0.2) is 0 Å². The zero-order valence-electron chi connectivity index (χ0n) is 20.4. The molecule has 1 aliphatic rings. The first-order chi connectivity index (χ1) is 12.6. The van der Waals surface area contributed by atoms with Crippen LogP contribution in [0.4, 0.5) is 0 Å². The predicted octanol–water partition coefficient (Wildman–Crippen LogP) is 7.13. The van der Waals surface area contributed by atoms with Crippen LogP contribution in [-0.2, 0) is 10.8 Å². The first-order valence-electron chi connectivity index (χ1n) is 10.7. The molecule has 0 aromatic heterocycles. The first kappa shape index (κ1) is 23.0. The monoisotopic (exact) mass is 398 g/mol. The van der Waals surface area contributed by atoms with E-state index < -0.39 is 8.80 Å². The van der Waals surface area contributed by atoms with Crippen molar-refractivity contribution in [2.24, 2.45) is 11.3 Å². The molecule has 1 nitrogen and oxygen atoms in total. The number of benzene rings is 1. The molecule has 1 unspecified atom stereocenters. The Morgan fingerprint density at radius 3 is 1.86 bits per heavy atom. The Morgan fingerprint density at radius 2 is 1.43 bits per heavy atom. The van der Waals surface area contributed by atoms with Crippen LogP contribution in [0.1, 0.15) is 72.1 Å². The van der Waals surface area contributed by atoms with Crippen LogP contribution in [-0.4, -0.2) is 15.9 Å². The van der Waals surface area contributed by atoms with Crippen molar-refractivity contribution < 1.29 is 4.74 Å². The topological polar surface area (TPSA) is 9.23 Å². The van der Waals surface area contributed by atoms with Gasteiger partial charge in [-0.2, -0.15) is 0 Å². The Bertz CT molecular complexity index is 795. The zero-order valence-corrected chi connectivity index (χ0v) is 21.5. The van der Waals surface area contributed by atoms with E-state index in [0.717, 1.165) is 5.75 Å². The van der Waals surface area contributed by atoms with Crippen LogP contribution in [0.3, 0.4) is 0 Å². The number of allylic oxidation sites excluding steroid dienone is 4. The van der Waals surface area contributed by atoms with E-state index >= 15 is 0 Å². The molecule has 0 radical (unpaired) electrons. The number of hydrogen-bond donors (Lipinski definition) is 0. The average molecular weight is 399 g/mol. The lowest BCUT2D eigenvalue weighted by atomic mass is 9.73. The highest BCUT2D eigenvalue weighted by atomic mass is 28.3. The van der Waals surface area contributed by atoms with Crippen LogP contribution in [0.15, 0.2) is 35.1 Å². The van der Waals surface area contributed by atoms with Crippen LogP contribution in [0, 0.1) is 18.3 Å². The van der Waals surface area contributed by atoms with E-state index in [1.165, 1.54) is 22.3 Å². The molecule has 0 fully saturated rings. The van der Waals surface area contributed by atoms with E-state index in [9.17, 15) is 0 Å². The summed E-state index contributed by atoms with van der Waals surface area (Å²) < 4.78 is 6.06. The molecule has 1 atom stereocenters. The highest BCUT2D eigenvalue weighted by Crippen LogP contribution is 2.49. The normalized spacial score (nSPS) is 18.4. The molecule has 0 spiro atoms. The van der Waals surface area contributed by atoms with Gasteiger partial charge in [-0.1, -0.05) is 104 Å². The molecule has 1 aromatic carbocycles. The van der Waals surface area contributed by atoms with Gasteiger partial charge >= 0.3 is 0 Å². The van der Waals surface area contributed by atoms with Crippen molar-refractivity contribution in [2.45, 2.75) is 86.2 Å². The lowest BCUT2D eigenvalue weighted by molar-refractivity contribution is 0.339. The van der Waals surface area contributed by atoms with Crippen molar-refractivity contribution >= 4 is 8.80 Å². The van der Waals surface area contributed by atoms with Crippen molar-refractivity contribution in [3.63, 3.8) is 0 Å². The second-order valence-corrected chi connectivity index (χ2v) is 14.4. The molecule has 156 valence electrons. The van der Waals surface area contributed by atoms with Crippen LogP contribution in [0.5, 0.6) is 5.75 Å². The highest BCUT2D eigenvalue weighted by molar-refractivity contribution is 6.64. The molecule has 2 rings (SSSR count). The third-order valence-electron chi connectivity index (χ3n) is 6.25.